The van der Waals surface area contributed by atoms with Gasteiger partial charge in [-0.15, -0.1) is 0 Å². The molecule has 2 aromatic rings. The summed E-state index contributed by atoms with van der Waals surface area (Å²) >= 11 is 0. The summed E-state index contributed by atoms with van der Waals surface area (Å²) in [5, 5.41) is 14.5. The molecule has 0 aliphatic heterocycles. The fraction of sp³-hybridized carbons (Fsp3) is 0.462. The van der Waals surface area contributed by atoms with E-state index in [1.54, 1.807) is 18.2 Å². The molecule has 1 fully saturated rings. The molecule has 0 saturated heterocycles. The molecule has 16 heavy (non-hydrogen) atoms. The lowest BCUT2D eigenvalue weighted by Gasteiger charge is -2.18. The van der Waals surface area contributed by atoms with Gasteiger partial charge in [-0.1, -0.05) is 24.4 Å². The first-order chi connectivity index (χ1) is 7.84. The summed E-state index contributed by atoms with van der Waals surface area (Å²) in [6.07, 6.45) is 6.23. The van der Waals surface area contributed by atoms with Gasteiger partial charge in [0.15, 0.2) is 0 Å². The van der Waals surface area contributed by atoms with E-state index < -0.39 is 0 Å². The van der Waals surface area contributed by atoms with Gasteiger partial charge in [0.05, 0.1) is 0 Å². The molecule has 0 unspecified atom stereocenters. The van der Waals surface area contributed by atoms with Crippen LogP contribution in [0.3, 0.4) is 0 Å². The lowest BCUT2D eigenvalue weighted by Crippen LogP contribution is -2.03. The molecule has 3 rings (SSSR count). The van der Waals surface area contributed by atoms with Crippen molar-refractivity contribution in [3.8, 4) is 5.75 Å². The van der Waals surface area contributed by atoms with E-state index >= 15 is 0 Å². The molecule has 3 nitrogen and oxygen atoms in total. The molecule has 0 spiro atoms. The van der Waals surface area contributed by atoms with Crippen molar-refractivity contribution in [3.05, 3.63) is 24.0 Å². The normalized spacial score (nSPS) is 18.0. The largest absolute Gasteiger partial charge is 0.508 e. The van der Waals surface area contributed by atoms with Crippen LogP contribution in [0.1, 0.15) is 43.8 Å². The predicted molar refractivity (Wildman–Crippen MR) is 61.5 cm³/mol. The first-order valence-corrected chi connectivity index (χ1v) is 5.93. The number of rotatable bonds is 1. The summed E-state index contributed by atoms with van der Waals surface area (Å²) in [5.74, 6) is 1.74. The van der Waals surface area contributed by atoms with E-state index in [0.717, 1.165) is 16.7 Å². The summed E-state index contributed by atoms with van der Waals surface area (Å²) < 4.78 is 5.45. The van der Waals surface area contributed by atoms with Crippen LogP contribution < -0.4 is 0 Å². The van der Waals surface area contributed by atoms with Crippen molar-refractivity contribution >= 4 is 10.9 Å². The third-order valence-electron chi connectivity index (χ3n) is 3.46. The summed E-state index contributed by atoms with van der Waals surface area (Å²) in [6.45, 7) is 0. The Kier molecular flexibility index (Phi) is 2.31. The van der Waals surface area contributed by atoms with Crippen LogP contribution in [0.25, 0.3) is 10.9 Å². The Morgan fingerprint density at radius 1 is 1.19 bits per heavy atom. The third-order valence-corrected chi connectivity index (χ3v) is 3.46. The minimum atomic E-state index is 0.285. The van der Waals surface area contributed by atoms with Gasteiger partial charge in [0, 0.05) is 11.3 Å². The molecule has 3 heteroatoms. The number of phenolic OH excluding ortho intramolecular Hbond substituents is 1. The Hall–Kier alpha value is -1.51. The van der Waals surface area contributed by atoms with Gasteiger partial charge in [0.25, 0.3) is 0 Å². The molecular weight excluding hydrogens is 202 g/mol. The van der Waals surface area contributed by atoms with Crippen LogP contribution in [0.2, 0.25) is 0 Å². The van der Waals surface area contributed by atoms with Crippen molar-refractivity contribution in [2.45, 2.75) is 38.0 Å². The maximum Gasteiger partial charge on any atom is 0.147 e. The molecule has 1 saturated carbocycles. The van der Waals surface area contributed by atoms with Crippen molar-refractivity contribution in [1.82, 2.24) is 5.16 Å². The standard InChI is InChI=1S/C13H15NO2/c15-10-6-7-12-11(8-10)13(16-14-12)9-4-2-1-3-5-9/h6-9,15H,1-5H2. The highest BCUT2D eigenvalue weighted by Gasteiger charge is 2.22. The lowest BCUT2D eigenvalue weighted by atomic mass is 9.86. The van der Waals surface area contributed by atoms with Gasteiger partial charge in [0.1, 0.15) is 17.0 Å². The zero-order valence-electron chi connectivity index (χ0n) is 9.15. The zero-order valence-corrected chi connectivity index (χ0v) is 9.15. The molecule has 0 bridgehead atoms. The van der Waals surface area contributed by atoms with Crippen LogP contribution >= 0.6 is 0 Å². The smallest absolute Gasteiger partial charge is 0.147 e. The number of nitrogens with zero attached hydrogens (tertiary/aromatic N) is 1. The highest BCUT2D eigenvalue weighted by Crippen LogP contribution is 2.37. The number of aromatic hydroxyl groups is 1. The number of fused-ring (bicyclic) bond motifs is 1. The molecule has 1 aromatic carbocycles. The Balaban J connectivity index is 2.05. The number of hydrogen-bond donors (Lipinski definition) is 1. The van der Waals surface area contributed by atoms with Gasteiger partial charge in [-0.05, 0) is 31.0 Å². The van der Waals surface area contributed by atoms with Gasteiger partial charge in [0.2, 0.25) is 0 Å². The second-order valence-corrected chi connectivity index (χ2v) is 4.58. The van der Waals surface area contributed by atoms with Crippen LogP contribution in [0, 0.1) is 0 Å². The van der Waals surface area contributed by atoms with E-state index in [1.807, 2.05) is 0 Å². The van der Waals surface area contributed by atoms with Crippen molar-refractivity contribution in [3.63, 3.8) is 0 Å². The second-order valence-electron chi connectivity index (χ2n) is 4.58. The molecule has 1 N–H and O–H groups in total. The van der Waals surface area contributed by atoms with E-state index in [1.165, 1.54) is 32.1 Å². The highest BCUT2D eigenvalue weighted by molar-refractivity contribution is 5.82. The Labute approximate surface area is 94.1 Å². The Bertz CT molecular complexity index is 498. The topological polar surface area (TPSA) is 46.3 Å². The minimum Gasteiger partial charge on any atom is -0.508 e. The summed E-state index contributed by atoms with van der Waals surface area (Å²) in [7, 11) is 0. The van der Waals surface area contributed by atoms with Crippen molar-refractivity contribution in [2.24, 2.45) is 0 Å². The first-order valence-electron chi connectivity index (χ1n) is 5.93. The highest BCUT2D eigenvalue weighted by atomic mass is 16.5. The SMILES string of the molecule is Oc1ccc2noc(C3CCCCC3)c2c1. The van der Waals surface area contributed by atoms with Gasteiger partial charge in [-0.2, -0.15) is 0 Å². The van der Waals surface area contributed by atoms with Gasteiger partial charge in [-0.25, -0.2) is 0 Å². The van der Waals surface area contributed by atoms with Crippen molar-refractivity contribution in [2.75, 3.05) is 0 Å². The molecule has 84 valence electrons. The number of hydrogen-bond acceptors (Lipinski definition) is 3. The Morgan fingerprint density at radius 2 is 2.00 bits per heavy atom. The molecule has 0 amide bonds. The van der Waals surface area contributed by atoms with Gasteiger partial charge in [-0.3, -0.25) is 0 Å². The summed E-state index contributed by atoms with van der Waals surface area (Å²) in [6, 6.07) is 5.21. The average Bonchev–Trinajstić information content (AvgIpc) is 2.73. The van der Waals surface area contributed by atoms with Crippen LogP contribution in [0.15, 0.2) is 22.7 Å². The fourth-order valence-electron chi connectivity index (χ4n) is 2.61. The zero-order chi connectivity index (χ0) is 11.0. The van der Waals surface area contributed by atoms with Crippen LogP contribution in [-0.2, 0) is 0 Å². The predicted octanol–water partition coefficient (Wildman–Crippen LogP) is 3.58. The molecule has 1 aliphatic carbocycles. The van der Waals surface area contributed by atoms with Crippen molar-refractivity contribution < 1.29 is 9.63 Å². The maximum atomic E-state index is 9.50. The van der Waals surface area contributed by atoms with Crippen LogP contribution in [-0.4, -0.2) is 10.3 Å². The van der Waals surface area contributed by atoms with E-state index in [9.17, 15) is 5.11 Å². The average molecular weight is 217 g/mol. The minimum absolute atomic E-state index is 0.285. The quantitative estimate of drug-likeness (QED) is 0.794. The molecule has 0 atom stereocenters. The second kappa shape index (κ2) is 3.81. The molecule has 1 aromatic heterocycles. The lowest BCUT2D eigenvalue weighted by molar-refractivity contribution is 0.326. The van der Waals surface area contributed by atoms with Crippen LogP contribution in [0.5, 0.6) is 5.75 Å². The van der Waals surface area contributed by atoms with Crippen LogP contribution in [0.4, 0.5) is 0 Å². The van der Waals surface area contributed by atoms with E-state index in [2.05, 4.69) is 5.16 Å². The molecule has 1 heterocycles. The fourth-order valence-corrected chi connectivity index (χ4v) is 2.61. The Morgan fingerprint density at radius 3 is 2.81 bits per heavy atom. The molecule has 1 aliphatic rings. The van der Waals surface area contributed by atoms with E-state index in [4.69, 9.17) is 4.52 Å². The van der Waals surface area contributed by atoms with E-state index in [-0.39, 0.29) is 5.75 Å². The number of aromatic nitrogens is 1. The number of benzene rings is 1. The third kappa shape index (κ3) is 1.56. The first kappa shape index (κ1) is 9.70. The van der Waals surface area contributed by atoms with Crippen molar-refractivity contribution in [1.29, 1.82) is 0 Å². The van der Waals surface area contributed by atoms with E-state index in [0.29, 0.717) is 5.92 Å². The van der Waals surface area contributed by atoms with Gasteiger partial charge >= 0.3 is 0 Å². The monoisotopic (exact) mass is 217 g/mol. The summed E-state index contributed by atoms with van der Waals surface area (Å²) in [5.41, 5.74) is 0.846. The maximum absolute atomic E-state index is 9.50. The number of phenols is 1. The summed E-state index contributed by atoms with van der Waals surface area (Å²) in [4.78, 5) is 0. The molecular formula is C13H15NO2. The molecule has 0 radical (unpaired) electrons. The van der Waals surface area contributed by atoms with Gasteiger partial charge < -0.3 is 9.63 Å².